The third-order valence-corrected chi connectivity index (χ3v) is 2.25. The molecule has 1 rings (SSSR count). The maximum absolute atomic E-state index is 12.9. The highest BCUT2D eigenvalue weighted by molar-refractivity contribution is 5.74. The Hall–Kier alpha value is -2.20. The third kappa shape index (κ3) is 4.67. The number of nitrogens with zero attached hydrogens (tertiary/aromatic N) is 1. The van der Waals surface area contributed by atoms with E-state index < -0.39 is 47.7 Å². The monoisotopic (exact) mass is 333 g/mol. The van der Waals surface area contributed by atoms with E-state index in [1.807, 2.05) is 0 Å². The van der Waals surface area contributed by atoms with Crippen molar-refractivity contribution < 1.29 is 45.7 Å². The fourth-order valence-electron chi connectivity index (χ4n) is 1.53. The number of hydrogen-bond donors (Lipinski definition) is 1. The highest BCUT2D eigenvalue weighted by atomic mass is 19.4. The summed E-state index contributed by atoms with van der Waals surface area (Å²) in [6, 6.07) is 0. The lowest BCUT2D eigenvalue weighted by Gasteiger charge is -2.18. The summed E-state index contributed by atoms with van der Waals surface area (Å²) in [5.41, 5.74) is -3.10. The van der Waals surface area contributed by atoms with Crippen LogP contribution in [0.3, 0.4) is 0 Å². The van der Waals surface area contributed by atoms with Crippen molar-refractivity contribution in [2.75, 3.05) is 6.61 Å². The predicted octanol–water partition coefficient (Wildman–Crippen LogP) is 2.81. The molecule has 0 aliphatic carbocycles. The van der Waals surface area contributed by atoms with Crippen LogP contribution < -0.4 is 4.74 Å². The summed E-state index contributed by atoms with van der Waals surface area (Å²) in [6.45, 7) is 1.23. The SMILES string of the molecule is CCOC(=O)Cc1c(O)cnc(OC(F)(F)F)c1C(F)(F)F. The Balaban J connectivity index is 3.40. The number of aromatic hydroxyl groups is 1. The fourth-order valence-corrected chi connectivity index (χ4v) is 1.53. The first kappa shape index (κ1) is 17.9. The quantitative estimate of drug-likeness (QED) is 0.678. The number of rotatable bonds is 4. The molecule has 0 atom stereocenters. The van der Waals surface area contributed by atoms with Crippen LogP contribution in [0.2, 0.25) is 0 Å². The lowest BCUT2D eigenvalue weighted by atomic mass is 10.1. The average molecular weight is 333 g/mol. The number of carbonyl (C=O) groups excluding carboxylic acids is 1. The summed E-state index contributed by atoms with van der Waals surface area (Å²) in [7, 11) is 0. The van der Waals surface area contributed by atoms with Crippen molar-refractivity contribution in [3.05, 3.63) is 17.3 Å². The number of ether oxygens (including phenoxy) is 2. The minimum Gasteiger partial charge on any atom is -0.506 e. The van der Waals surface area contributed by atoms with Gasteiger partial charge >= 0.3 is 18.5 Å². The fraction of sp³-hybridized carbons (Fsp3) is 0.455. The first-order valence-electron chi connectivity index (χ1n) is 5.65. The van der Waals surface area contributed by atoms with Gasteiger partial charge in [0.15, 0.2) is 0 Å². The van der Waals surface area contributed by atoms with Gasteiger partial charge in [-0.05, 0) is 6.92 Å². The first-order chi connectivity index (χ1) is 9.95. The number of pyridine rings is 1. The molecular formula is C11H9F6NO4. The molecule has 0 radical (unpaired) electrons. The van der Waals surface area contributed by atoms with Crippen molar-refractivity contribution in [3.8, 4) is 11.6 Å². The molecule has 11 heteroatoms. The third-order valence-electron chi connectivity index (χ3n) is 2.25. The number of aromatic nitrogens is 1. The summed E-state index contributed by atoms with van der Waals surface area (Å²) in [6.07, 6.45) is -11.5. The number of carbonyl (C=O) groups is 1. The highest BCUT2D eigenvalue weighted by Gasteiger charge is 2.43. The summed E-state index contributed by atoms with van der Waals surface area (Å²) < 4.78 is 82.9. The van der Waals surface area contributed by atoms with Gasteiger partial charge in [0.05, 0.1) is 19.2 Å². The minimum atomic E-state index is -5.43. The van der Waals surface area contributed by atoms with Crippen molar-refractivity contribution in [2.24, 2.45) is 0 Å². The second-order valence-corrected chi connectivity index (χ2v) is 3.83. The van der Waals surface area contributed by atoms with Crippen molar-refractivity contribution >= 4 is 5.97 Å². The van der Waals surface area contributed by atoms with Crippen LogP contribution in [0.5, 0.6) is 11.6 Å². The lowest BCUT2D eigenvalue weighted by Crippen LogP contribution is -2.23. The van der Waals surface area contributed by atoms with E-state index in [-0.39, 0.29) is 6.61 Å². The van der Waals surface area contributed by atoms with Crippen LogP contribution in [0.25, 0.3) is 0 Å². The topological polar surface area (TPSA) is 68.7 Å². The predicted molar refractivity (Wildman–Crippen MR) is 57.9 cm³/mol. The van der Waals surface area contributed by atoms with E-state index in [2.05, 4.69) is 14.5 Å². The van der Waals surface area contributed by atoms with Crippen LogP contribution in [-0.4, -0.2) is 29.0 Å². The van der Waals surface area contributed by atoms with Gasteiger partial charge in [-0.25, -0.2) is 4.98 Å². The summed E-state index contributed by atoms with van der Waals surface area (Å²) in [4.78, 5) is 14.0. The van der Waals surface area contributed by atoms with Gasteiger partial charge in [0, 0.05) is 5.56 Å². The Kier molecular flexibility index (Phi) is 5.09. The molecule has 1 aromatic heterocycles. The molecule has 1 aromatic rings. The van der Waals surface area contributed by atoms with E-state index in [0.717, 1.165) is 0 Å². The minimum absolute atomic E-state index is 0.155. The lowest BCUT2D eigenvalue weighted by molar-refractivity contribution is -0.278. The molecule has 0 fully saturated rings. The van der Waals surface area contributed by atoms with Crippen LogP contribution >= 0.6 is 0 Å². The molecule has 1 heterocycles. The smallest absolute Gasteiger partial charge is 0.506 e. The largest absolute Gasteiger partial charge is 0.574 e. The van der Waals surface area contributed by atoms with E-state index in [9.17, 15) is 36.2 Å². The zero-order chi connectivity index (χ0) is 17.1. The van der Waals surface area contributed by atoms with Gasteiger partial charge in [0.2, 0.25) is 5.88 Å². The van der Waals surface area contributed by atoms with Gasteiger partial charge < -0.3 is 14.6 Å². The number of esters is 1. The second-order valence-electron chi connectivity index (χ2n) is 3.83. The summed E-state index contributed by atoms with van der Waals surface area (Å²) >= 11 is 0. The van der Waals surface area contributed by atoms with Gasteiger partial charge in [-0.1, -0.05) is 0 Å². The molecule has 1 N–H and O–H groups in total. The van der Waals surface area contributed by atoms with E-state index in [4.69, 9.17) is 0 Å². The molecule has 0 saturated carbocycles. The van der Waals surface area contributed by atoms with Crippen LogP contribution in [0.1, 0.15) is 18.1 Å². The zero-order valence-corrected chi connectivity index (χ0v) is 10.9. The number of hydrogen-bond acceptors (Lipinski definition) is 5. The molecule has 5 nitrogen and oxygen atoms in total. The van der Waals surface area contributed by atoms with Crippen LogP contribution in [0.15, 0.2) is 6.20 Å². The standard InChI is InChI=1S/C11H9F6NO4/c1-2-21-7(20)3-5-6(19)4-18-9(22-11(15,16)17)8(5)10(12,13)14/h4,19H,2-3H2,1H3. The zero-order valence-electron chi connectivity index (χ0n) is 10.9. The molecule has 0 bridgehead atoms. The van der Waals surface area contributed by atoms with E-state index >= 15 is 0 Å². The maximum atomic E-state index is 12.9. The Bertz CT molecular complexity index is 555. The molecule has 0 aromatic carbocycles. The van der Waals surface area contributed by atoms with Crippen LogP contribution in [0, 0.1) is 0 Å². The Morgan fingerprint density at radius 3 is 2.32 bits per heavy atom. The number of alkyl halides is 6. The van der Waals surface area contributed by atoms with E-state index in [1.54, 1.807) is 0 Å². The molecule has 0 saturated heterocycles. The van der Waals surface area contributed by atoms with Gasteiger partial charge in [-0.15, -0.1) is 13.2 Å². The van der Waals surface area contributed by atoms with Crippen molar-refractivity contribution in [3.63, 3.8) is 0 Å². The molecule has 0 spiro atoms. The number of halogens is 6. The molecule has 124 valence electrons. The second kappa shape index (κ2) is 6.28. The van der Waals surface area contributed by atoms with Crippen molar-refractivity contribution in [1.82, 2.24) is 4.98 Å². The Labute approximate surface area is 119 Å². The summed E-state index contributed by atoms with van der Waals surface area (Å²) in [5, 5.41) is 9.39. The van der Waals surface area contributed by atoms with Crippen molar-refractivity contribution in [2.45, 2.75) is 25.9 Å². The van der Waals surface area contributed by atoms with Crippen LogP contribution in [0.4, 0.5) is 26.3 Å². The van der Waals surface area contributed by atoms with Crippen LogP contribution in [-0.2, 0) is 22.1 Å². The Morgan fingerprint density at radius 1 is 1.27 bits per heavy atom. The Morgan fingerprint density at radius 2 is 1.86 bits per heavy atom. The molecule has 0 aliphatic rings. The van der Waals surface area contributed by atoms with Crippen molar-refractivity contribution in [1.29, 1.82) is 0 Å². The highest BCUT2D eigenvalue weighted by Crippen LogP contribution is 2.42. The summed E-state index contributed by atoms with van der Waals surface area (Å²) in [5.74, 6) is -4.07. The van der Waals surface area contributed by atoms with Gasteiger partial charge in [-0.3, -0.25) is 4.79 Å². The molecule has 0 amide bonds. The van der Waals surface area contributed by atoms with E-state index in [1.165, 1.54) is 6.92 Å². The molecule has 0 aliphatic heterocycles. The normalized spacial score (nSPS) is 12.1. The van der Waals surface area contributed by atoms with Gasteiger partial charge in [0.25, 0.3) is 0 Å². The molecular weight excluding hydrogens is 324 g/mol. The van der Waals surface area contributed by atoms with E-state index in [0.29, 0.717) is 6.20 Å². The average Bonchev–Trinajstić information content (AvgIpc) is 2.30. The van der Waals surface area contributed by atoms with Gasteiger partial charge in [-0.2, -0.15) is 13.2 Å². The maximum Gasteiger partial charge on any atom is 0.574 e. The molecule has 0 unspecified atom stereocenters. The first-order valence-corrected chi connectivity index (χ1v) is 5.65. The molecule has 22 heavy (non-hydrogen) atoms. The van der Waals surface area contributed by atoms with Gasteiger partial charge in [0.1, 0.15) is 11.3 Å².